The van der Waals surface area contributed by atoms with Gasteiger partial charge in [-0.2, -0.15) is 9.49 Å². The third-order valence-electron chi connectivity index (χ3n) is 7.10. The van der Waals surface area contributed by atoms with E-state index in [0.29, 0.717) is 23.1 Å². The normalized spacial score (nSPS) is 22.5. The minimum Gasteiger partial charge on any atom is -0.443 e. The maximum Gasteiger partial charge on any atom is 0.277 e. The van der Waals surface area contributed by atoms with Gasteiger partial charge in [-0.15, -0.1) is 0 Å². The first-order valence-corrected chi connectivity index (χ1v) is 12.5. The van der Waals surface area contributed by atoms with E-state index in [2.05, 4.69) is 30.2 Å². The highest BCUT2D eigenvalue weighted by molar-refractivity contribution is 6.19. The van der Waals surface area contributed by atoms with Gasteiger partial charge in [0, 0.05) is 37.7 Å². The maximum absolute atomic E-state index is 13.8. The Kier molecular flexibility index (Phi) is 6.58. The summed E-state index contributed by atoms with van der Waals surface area (Å²) in [5, 5.41) is 7.70. The van der Waals surface area contributed by atoms with E-state index in [4.69, 9.17) is 14.3 Å². The average molecular weight is 507 g/mol. The number of nitrogens with one attached hydrogen (secondary N) is 1. The first kappa shape index (κ1) is 23.6. The van der Waals surface area contributed by atoms with Crippen molar-refractivity contribution in [2.75, 3.05) is 38.2 Å². The van der Waals surface area contributed by atoms with Gasteiger partial charge in [-0.05, 0) is 31.8 Å². The first-order valence-electron chi connectivity index (χ1n) is 12.5. The lowest BCUT2D eigenvalue weighted by Crippen LogP contribution is -2.45. The third-order valence-corrected chi connectivity index (χ3v) is 7.10. The summed E-state index contributed by atoms with van der Waals surface area (Å²) in [6, 6.07) is 0.786. The molecule has 1 N–H and O–H groups in total. The maximum atomic E-state index is 13.8. The lowest BCUT2D eigenvalue weighted by atomic mass is 9.90. The fourth-order valence-electron chi connectivity index (χ4n) is 5.16. The highest BCUT2D eigenvalue weighted by Gasteiger charge is 2.29. The number of carbonyl (C=O) groups excluding carboxylic acids is 1. The highest BCUT2D eigenvalue weighted by atomic mass is 19.1. The van der Waals surface area contributed by atoms with Gasteiger partial charge in [0.05, 0.1) is 43.3 Å². The standard InChI is InChI=1S/C25H27FN8O3/c26-23-18(5-6-29-23)25-31-21(15-37-25)24(35)30-20-14-34(32-22(20)19-13-27-7-8-28-19)17-3-1-16(2-4-17)33-9-11-36-12-10-33/h5,7-8,13-17H,1-4,6,9-12H2,(H,30,35)/t16-,17-. The molecule has 3 aliphatic rings. The monoisotopic (exact) mass is 506 g/mol. The van der Waals surface area contributed by atoms with Crippen LogP contribution in [0.5, 0.6) is 0 Å². The predicted octanol–water partition coefficient (Wildman–Crippen LogP) is 3.16. The van der Waals surface area contributed by atoms with Gasteiger partial charge in [0.2, 0.25) is 11.9 Å². The summed E-state index contributed by atoms with van der Waals surface area (Å²) < 4.78 is 26.6. The van der Waals surface area contributed by atoms with Gasteiger partial charge in [-0.25, -0.2) is 4.98 Å². The molecule has 192 valence electrons. The zero-order chi connectivity index (χ0) is 25.2. The molecule has 0 bridgehead atoms. The smallest absolute Gasteiger partial charge is 0.277 e. The molecule has 1 aliphatic carbocycles. The molecule has 2 aliphatic heterocycles. The molecule has 1 saturated carbocycles. The summed E-state index contributed by atoms with van der Waals surface area (Å²) in [6.45, 7) is 3.81. The number of nitrogens with zero attached hydrogens (tertiary/aromatic N) is 7. The number of anilines is 1. The Morgan fingerprint density at radius 3 is 2.65 bits per heavy atom. The molecule has 0 aromatic carbocycles. The number of oxazole rings is 1. The second kappa shape index (κ2) is 10.3. The number of aromatic nitrogens is 5. The van der Waals surface area contributed by atoms with Crippen molar-refractivity contribution in [2.45, 2.75) is 37.8 Å². The fraction of sp³-hybridized carbons (Fsp3) is 0.440. The number of aliphatic imine (C=N–C) groups is 1. The molecule has 37 heavy (non-hydrogen) atoms. The summed E-state index contributed by atoms with van der Waals surface area (Å²) in [5.41, 5.74) is 1.75. The fourth-order valence-corrected chi connectivity index (χ4v) is 5.16. The topological polar surface area (TPSA) is 124 Å². The molecule has 12 heteroatoms. The number of hydrogen-bond acceptors (Lipinski definition) is 9. The summed E-state index contributed by atoms with van der Waals surface area (Å²) >= 11 is 0. The Bertz CT molecular complexity index is 1320. The van der Waals surface area contributed by atoms with E-state index in [1.54, 1.807) is 24.7 Å². The number of ether oxygens (including phenoxy) is 1. The van der Waals surface area contributed by atoms with Crippen molar-refractivity contribution >= 4 is 23.1 Å². The number of hydrogen-bond donors (Lipinski definition) is 1. The van der Waals surface area contributed by atoms with E-state index in [1.165, 1.54) is 6.26 Å². The van der Waals surface area contributed by atoms with Gasteiger partial charge in [-0.1, -0.05) is 0 Å². The third kappa shape index (κ3) is 4.94. The van der Waals surface area contributed by atoms with Crippen LogP contribution < -0.4 is 5.32 Å². The second-order valence-corrected chi connectivity index (χ2v) is 9.31. The quantitative estimate of drug-likeness (QED) is 0.541. The van der Waals surface area contributed by atoms with Crippen LogP contribution in [-0.4, -0.2) is 80.4 Å². The molecule has 0 atom stereocenters. The number of amides is 1. The lowest BCUT2D eigenvalue weighted by molar-refractivity contribution is 0.00507. The molecule has 2 fully saturated rings. The van der Waals surface area contributed by atoms with Crippen molar-refractivity contribution in [1.82, 2.24) is 29.6 Å². The molecule has 0 spiro atoms. The van der Waals surface area contributed by atoms with Crippen LogP contribution in [0.1, 0.15) is 48.1 Å². The van der Waals surface area contributed by atoms with Crippen LogP contribution in [-0.2, 0) is 4.74 Å². The molecular weight excluding hydrogens is 479 g/mol. The summed E-state index contributed by atoms with van der Waals surface area (Å²) in [7, 11) is 0. The summed E-state index contributed by atoms with van der Waals surface area (Å²) in [6.07, 6.45) is 13.6. The van der Waals surface area contributed by atoms with E-state index in [9.17, 15) is 9.18 Å². The first-order chi connectivity index (χ1) is 18.2. The van der Waals surface area contributed by atoms with Crippen molar-refractivity contribution < 1.29 is 18.3 Å². The Morgan fingerprint density at radius 1 is 1.11 bits per heavy atom. The van der Waals surface area contributed by atoms with Crippen LogP contribution in [0.15, 0.2) is 46.5 Å². The number of allylic oxidation sites excluding steroid dienone is 1. The zero-order valence-corrected chi connectivity index (χ0v) is 20.2. The Balaban J connectivity index is 1.20. The minimum atomic E-state index is -0.650. The molecule has 1 saturated heterocycles. The Morgan fingerprint density at radius 2 is 1.92 bits per heavy atom. The van der Waals surface area contributed by atoms with Crippen LogP contribution in [0.3, 0.4) is 0 Å². The van der Waals surface area contributed by atoms with E-state index < -0.39 is 11.9 Å². The molecule has 5 heterocycles. The Labute approximate surface area is 212 Å². The van der Waals surface area contributed by atoms with Crippen molar-refractivity contribution in [1.29, 1.82) is 0 Å². The average Bonchev–Trinajstić information content (AvgIpc) is 3.70. The number of rotatable bonds is 6. The van der Waals surface area contributed by atoms with Crippen molar-refractivity contribution in [2.24, 2.45) is 4.99 Å². The predicted molar refractivity (Wildman–Crippen MR) is 133 cm³/mol. The zero-order valence-electron chi connectivity index (χ0n) is 20.2. The lowest BCUT2D eigenvalue weighted by Gasteiger charge is -2.38. The van der Waals surface area contributed by atoms with Gasteiger partial charge in [-0.3, -0.25) is 29.3 Å². The SMILES string of the molecule is O=C(Nc1cn([C@H]2CC[C@H](N3CCOCC3)CC2)nc1-c1cnccn1)c1coc(C2=CCN=C2F)n1. The molecule has 0 radical (unpaired) electrons. The van der Waals surface area contributed by atoms with Gasteiger partial charge in [0.1, 0.15) is 17.7 Å². The number of halogens is 1. The van der Waals surface area contributed by atoms with Crippen molar-refractivity contribution in [3.05, 3.63) is 48.7 Å². The molecular formula is C25H27FN8O3. The van der Waals surface area contributed by atoms with Gasteiger partial charge < -0.3 is 14.5 Å². The van der Waals surface area contributed by atoms with Crippen LogP contribution in [0.4, 0.5) is 10.1 Å². The highest BCUT2D eigenvalue weighted by Crippen LogP contribution is 2.34. The molecule has 11 nitrogen and oxygen atoms in total. The molecule has 1 amide bonds. The molecule has 3 aromatic rings. The minimum absolute atomic E-state index is 0.0192. The number of carbonyl (C=O) groups is 1. The molecule has 3 aromatic heterocycles. The van der Waals surface area contributed by atoms with E-state index >= 15 is 0 Å². The van der Waals surface area contributed by atoms with Crippen molar-refractivity contribution in [3.63, 3.8) is 0 Å². The van der Waals surface area contributed by atoms with Gasteiger partial charge in [0.25, 0.3) is 5.91 Å². The Hall–Kier alpha value is -3.77. The van der Waals surface area contributed by atoms with Crippen LogP contribution in [0, 0.1) is 0 Å². The van der Waals surface area contributed by atoms with Gasteiger partial charge in [0.15, 0.2) is 5.69 Å². The largest absolute Gasteiger partial charge is 0.443 e. The van der Waals surface area contributed by atoms with Crippen LogP contribution in [0.25, 0.3) is 17.0 Å². The molecule has 0 unspecified atom stereocenters. The van der Waals surface area contributed by atoms with Crippen LogP contribution in [0.2, 0.25) is 0 Å². The molecule has 6 rings (SSSR count). The van der Waals surface area contributed by atoms with E-state index in [0.717, 1.165) is 52.0 Å². The number of morpholine rings is 1. The second-order valence-electron chi connectivity index (χ2n) is 9.31. The van der Waals surface area contributed by atoms with Gasteiger partial charge >= 0.3 is 0 Å². The summed E-state index contributed by atoms with van der Waals surface area (Å²) in [4.78, 5) is 31.9. The van der Waals surface area contributed by atoms with E-state index in [-0.39, 0.29) is 29.7 Å². The van der Waals surface area contributed by atoms with E-state index in [1.807, 2.05) is 10.9 Å². The summed E-state index contributed by atoms with van der Waals surface area (Å²) in [5.74, 6) is -1.12. The van der Waals surface area contributed by atoms with Crippen LogP contribution >= 0.6 is 0 Å². The van der Waals surface area contributed by atoms with Crippen molar-refractivity contribution in [3.8, 4) is 11.4 Å².